The van der Waals surface area contributed by atoms with Crippen LogP contribution in [0, 0.1) is 5.41 Å². The fourth-order valence-corrected chi connectivity index (χ4v) is 5.06. The van der Waals surface area contributed by atoms with E-state index < -0.39 is 0 Å². The van der Waals surface area contributed by atoms with Gasteiger partial charge >= 0.3 is 0 Å². The first-order valence-corrected chi connectivity index (χ1v) is 12.5. The zero-order valence-electron chi connectivity index (χ0n) is 18.9. The van der Waals surface area contributed by atoms with E-state index >= 15 is 0 Å². The van der Waals surface area contributed by atoms with Crippen molar-refractivity contribution in [2.75, 3.05) is 69.4 Å². The minimum Gasteiger partial charge on any atom is -0.398 e. The van der Waals surface area contributed by atoms with Crippen molar-refractivity contribution >= 4 is 35.3 Å². The third-order valence-corrected chi connectivity index (χ3v) is 7.29. The monoisotopic (exact) mass is 466 g/mol. The van der Waals surface area contributed by atoms with Crippen LogP contribution < -0.4 is 10.6 Å². The van der Waals surface area contributed by atoms with Crippen molar-refractivity contribution in [2.45, 2.75) is 6.54 Å². The summed E-state index contributed by atoms with van der Waals surface area (Å²) < 4.78 is 9.86. The topological polar surface area (TPSA) is 99.0 Å². The maximum Gasteiger partial charge on any atom is 0.162 e. The molecule has 1 aromatic carbocycles. The van der Waals surface area contributed by atoms with Gasteiger partial charge in [0.25, 0.3) is 0 Å². The molecule has 9 nitrogen and oxygen atoms in total. The summed E-state index contributed by atoms with van der Waals surface area (Å²) >= 11 is 1.81. The highest BCUT2D eigenvalue weighted by Crippen LogP contribution is 2.31. The Hall–Kier alpha value is -2.66. The van der Waals surface area contributed by atoms with E-state index in [0.717, 1.165) is 74.1 Å². The number of morpholine rings is 1. The minimum atomic E-state index is 0.583. The van der Waals surface area contributed by atoms with E-state index in [-0.39, 0.29) is 0 Å². The smallest absolute Gasteiger partial charge is 0.162 e. The lowest BCUT2D eigenvalue weighted by Crippen LogP contribution is -2.42. The largest absolute Gasteiger partial charge is 0.398 e. The third-order valence-electron chi connectivity index (χ3n) is 6.41. The van der Waals surface area contributed by atoms with Gasteiger partial charge in [-0.3, -0.25) is 4.90 Å². The molecule has 2 fully saturated rings. The molecule has 174 valence electrons. The molecule has 0 spiro atoms. The highest BCUT2D eigenvalue weighted by molar-refractivity contribution is 7.96. The van der Waals surface area contributed by atoms with Crippen molar-refractivity contribution in [3.8, 4) is 11.3 Å². The zero-order valence-corrected chi connectivity index (χ0v) is 19.7. The molecule has 33 heavy (non-hydrogen) atoms. The van der Waals surface area contributed by atoms with Gasteiger partial charge in [0, 0.05) is 80.5 Å². The summed E-state index contributed by atoms with van der Waals surface area (Å²) in [4.78, 5) is 9.79. The Kier molecular flexibility index (Phi) is 6.50. The van der Waals surface area contributed by atoms with Gasteiger partial charge in [-0.25, -0.2) is 13.8 Å². The molecule has 3 N–H and O–H groups in total. The number of hydrogen-bond donors (Lipinski definition) is 2. The number of fused-ring (bicyclic) bond motifs is 1. The zero-order chi connectivity index (χ0) is 22.8. The Morgan fingerprint density at radius 1 is 1.15 bits per heavy atom. The fourth-order valence-electron chi connectivity index (χ4n) is 4.53. The second kappa shape index (κ2) is 9.68. The lowest BCUT2D eigenvalue weighted by molar-refractivity contribution is 0.122. The van der Waals surface area contributed by atoms with Crippen LogP contribution in [0.3, 0.4) is 0 Å². The van der Waals surface area contributed by atoms with E-state index in [9.17, 15) is 0 Å². The number of nitrogens with one attached hydrogen (secondary N) is 1. The number of rotatable bonds is 6. The normalized spacial score (nSPS) is 18.2. The van der Waals surface area contributed by atoms with Crippen molar-refractivity contribution in [1.82, 2.24) is 23.8 Å². The summed E-state index contributed by atoms with van der Waals surface area (Å²) in [7, 11) is 0. The minimum absolute atomic E-state index is 0.583. The quantitative estimate of drug-likeness (QED) is 0.324. The summed E-state index contributed by atoms with van der Waals surface area (Å²) in [5.41, 5.74) is 11.2. The molecule has 4 heterocycles. The van der Waals surface area contributed by atoms with Crippen molar-refractivity contribution in [1.29, 1.82) is 5.41 Å². The standard InChI is InChI=1S/C23H30N8OS/c1-33-30-7-5-28(6-8-30)16-17-15-26-31-21(18-3-2-4-20(25)19(18)14-24)13-22(27-23(17)31)29-9-11-32-12-10-29/h2-4,13-15,24H,5-12,16,25H2,1H3. The molecule has 5 rings (SSSR count). The molecular formula is C23H30N8OS. The Labute approximate surface area is 198 Å². The van der Waals surface area contributed by atoms with Crippen LogP contribution in [0.15, 0.2) is 30.5 Å². The fraction of sp³-hybridized carbons (Fsp3) is 0.435. The maximum atomic E-state index is 7.95. The van der Waals surface area contributed by atoms with E-state index in [1.165, 1.54) is 6.21 Å². The van der Waals surface area contributed by atoms with Crippen LogP contribution >= 0.6 is 11.9 Å². The van der Waals surface area contributed by atoms with Crippen LogP contribution in [0.1, 0.15) is 11.1 Å². The molecule has 2 aliphatic rings. The summed E-state index contributed by atoms with van der Waals surface area (Å²) in [5.74, 6) is 0.910. The summed E-state index contributed by atoms with van der Waals surface area (Å²) in [6.07, 6.45) is 5.39. The van der Waals surface area contributed by atoms with Crippen LogP contribution in [-0.4, -0.2) is 88.8 Å². The van der Waals surface area contributed by atoms with Gasteiger partial charge in [-0.05, 0) is 12.3 Å². The van der Waals surface area contributed by atoms with Gasteiger partial charge in [0.2, 0.25) is 0 Å². The van der Waals surface area contributed by atoms with Gasteiger partial charge < -0.3 is 20.8 Å². The van der Waals surface area contributed by atoms with Crippen molar-refractivity contribution in [2.24, 2.45) is 0 Å². The molecule has 0 amide bonds. The van der Waals surface area contributed by atoms with Gasteiger partial charge in [-0.15, -0.1) is 0 Å². The van der Waals surface area contributed by atoms with Crippen LogP contribution in [0.5, 0.6) is 0 Å². The van der Waals surface area contributed by atoms with E-state index in [0.29, 0.717) is 24.5 Å². The Balaban J connectivity index is 1.58. The second-order valence-electron chi connectivity index (χ2n) is 8.34. The molecule has 3 aromatic rings. The summed E-state index contributed by atoms with van der Waals surface area (Å²) in [6.45, 7) is 7.99. The molecule has 2 aromatic heterocycles. The molecule has 0 atom stereocenters. The highest BCUT2D eigenvalue weighted by Gasteiger charge is 2.22. The van der Waals surface area contributed by atoms with Crippen molar-refractivity contribution in [3.05, 3.63) is 41.6 Å². The van der Waals surface area contributed by atoms with E-state index in [4.69, 9.17) is 26.0 Å². The molecule has 2 aliphatic heterocycles. The number of hydrogen-bond acceptors (Lipinski definition) is 9. The van der Waals surface area contributed by atoms with Crippen molar-refractivity contribution < 1.29 is 4.74 Å². The van der Waals surface area contributed by atoms with E-state index in [1.54, 1.807) is 0 Å². The number of nitrogens with zero attached hydrogens (tertiary/aromatic N) is 6. The van der Waals surface area contributed by atoms with E-state index in [1.807, 2.05) is 40.9 Å². The molecule has 0 bridgehead atoms. The summed E-state index contributed by atoms with van der Waals surface area (Å²) in [6, 6.07) is 7.81. The molecule has 0 radical (unpaired) electrons. The Morgan fingerprint density at radius 3 is 2.67 bits per heavy atom. The van der Waals surface area contributed by atoms with E-state index in [2.05, 4.69) is 26.4 Å². The predicted molar refractivity (Wildman–Crippen MR) is 134 cm³/mol. The first-order valence-electron chi connectivity index (χ1n) is 11.3. The molecule has 10 heteroatoms. The Morgan fingerprint density at radius 2 is 1.94 bits per heavy atom. The lowest BCUT2D eigenvalue weighted by atomic mass is 10.0. The average Bonchev–Trinajstić information content (AvgIpc) is 3.27. The first-order chi connectivity index (χ1) is 16.2. The van der Waals surface area contributed by atoms with Crippen molar-refractivity contribution in [3.63, 3.8) is 0 Å². The summed E-state index contributed by atoms with van der Waals surface area (Å²) in [5, 5.41) is 12.7. The molecule has 2 saturated heterocycles. The van der Waals surface area contributed by atoms with Gasteiger partial charge in [-0.1, -0.05) is 24.1 Å². The predicted octanol–water partition coefficient (Wildman–Crippen LogP) is 2.21. The molecule has 0 unspecified atom stereocenters. The second-order valence-corrected chi connectivity index (χ2v) is 9.23. The number of benzene rings is 1. The third kappa shape index (κ3) is 4.43. The average molecular weight is 467 g/mol. The van der Waals surface area contributed by atoms with Gasteiger partial charge in [-0.2, -0.15) is 5.10 Å². The number of piperazine rings is 1. The highest BCUT2D eigenvalue weighted by atomic mass is 32.2. The van der Waals surface area contributed by atoms with Gasteiger partial charge in [0.15, 0.2) is 5.65 Å². The van der Waals surface area contributed by atoms with Crippen LogP contribution in [0.2, 0.25) is 0 Å². The molecule has 0 aliphatic carbocycles. The SMILES string of the molecule is CSN1CCN(Cc2cnn3c(-c4cccc(N)c4C=N)cc(N4CCOCC4)nc23)CC1. The van der Waals surface area contributed by atoms with Crippen LogP contribution in [0.4, 0.5) is 11.5 Å². The van der Waals surface area contributed by atoms with Crippen LogP contribution in [-0.2, 0) is 11.3 Å². The number of nitrogens with two attached hydrogens (primary N) is 1. The molecule has 0 saturated carbocycles. The molecular weight excluding hydrogens is 436 g/mol. The van der Waals surface area contributed by atoms with Crippen LogP contribution in [0.25, 0.3) is 16.9 Å². The first kappa shape index (κ1) is 22.1. The number of anilines is 2. The number of aromatic nitrogens is 3. The number of nitrogen functional groups attached to an aromatic ring is 1. The maximum absolute atomic E-state index is 7.95. The van der Waals surface area contributed by atoms with Gasteiger partial charge in [0.1, 0.15) is 5.82 Å². The Bertz CT molecular complexity index is 1130. The van der Waals surface area contributed by atoms with Gasteiger partial charge in [0.05, 0.1) is 25.1 Å². The number of ether oxygens (including phenoxy) is 1. The lowest BCUT2D eigenvalue weighted by Gasteiger charge is -2.33.